The van der Waals surface area contributed by atoms with Crippen molar-refractivity contribution in [2.75, 3.05) is 0 Å². The molecular formula is C16H13FINO. The number of halogens is 2. The molecule has 1 heterocycles. The Bertz CT molecular complexity index is 756. The van der Waals surface area contributed by atoms with E-state index in [0.29, 0.717) is 9.26 Å². The standard InChI is InChI=1S/C15H9FINO.CH4/c16-10-7-5-9(6-8-10)13-11-3-1-2-4-12(11)18-15(17)14(13)19;/h1-8,19H;1H4. The fourth-order valence-corrected chi connectivity index (χ4v) is 2.61. The number of pyridine rings is 1. The zero-order chi connectivity index (χ0) is 13.4. The third-order valence-corrected chi connectivity index (χ3v) is 3.71. The van der Waals surface area contributed by atoms with Crippen molar-refractivity contribution < 1.29 is 9.50 Å². The number of hydrogen-bond acceptors (Lipinski definition) is 2. The highest BCUT2D eigenvalue weighted by Crippen LogP contribution is 2.37. The van der Waals surface area contributed by atoms with Crippen LogP contribution in [0.1, 0.15) is 7.43 Å². The maximum absolute atomic E-state index is 13.0. The van der Waals surface area contributed by atoms with E-state index in [9.17, 15) is 9.50 Å². The summed E-state index contributed by atoms with van der Waals surface area (Å²) in [5.41, 5.74) is 2.27. The van der Waals surface area contributed by atoms with Crippen LogP contribution in [0, 0.1) is 9.52 Å². The van der Waals surface area contributed by atoms with Crippen LogP contribution < -0.4 is 0 Å². The number of nitrogens with zero attached hydrogens (tertiary/aromatic N) is 1. The van der Waals surface area contributed by atoms with Crippen molar-refractivity contribution in [2.45, 2.75) is 7.43 Å². The van der Waals surface area contributed by atoms with Gasteiger partial charge in [0.15, 0.2) is 5.75 Å². The van der Waals surface area contributed by atoms with Gasteiger partial charge in [-0.1, -0.05) is 37.8 Å². The first-order valence-corrected chi connectivity index (χ1v) is 6.78. The quantitative estimate of drug-likeness (QED) is 0.476. The van der Waals surface area contributed by atoms with Gasteiger partial charge in [-0.05, 0) is 46.4 Å². The summed E-state index contributed by atoms with van der Waals surface area (Å²) >= 11 is 2.00. The van der Waals surface area contributed by atoms with Crippen LogP contribution in [-0.4, -0.2) is 10.1 Å². The van der Waals surface area contributed by atoms with E-state index in [4.69, 9.17) is 0 Å². The molecule has 0 aliphatic rings. The predicted molar refractivity (Wildman–Crippen MR) is 88.2 cm³/mol. The molecule has 0 bridgehead atoms. The van der Waals surface area contributed by atoms with Crippen LogP contribution in [0.3, 0.4) is 0 Å². The van der Waals surface area contributed by atoms with Crippen LogP contribution in [0.25, 0.3) is 22.0 Å². The Hall–Kier alpha value is -1.69. The lowest BCUT2D eigenvalue weighted by Gasteiger charge is -2.10. The fraction of sp³-hybridized carbons (Fsp3) is 0.0625. The number of benzene rings is 2. The molecule has 102 valence electrons. The first kappa shape index (κ1) is 14.7. The van der Waals surface area contributed by atoms with E-state index < -0.39 is 0 Å². The predicted octanol–water partition coefficient (Wildman–Crippen LogP) is 4.99. The molecule has 0 saturated carbocycles. The Morgan fingerprint density at radius 3 is 2.35 bits per heavy atom. The van der Waals surface area contributed by atoms with Gasteiger partial charge in [0.05, 0.1) is 5.52 Å². The van der Waals surface area contributed by atoms with Crippen LogP contribution in [0.5, 0.6) is 5.75 Å². The monoisotopic (exact) mass is 381 g/mol. The van der Waals surface area contributed by atoms with Crippen molar-refractivity contribution in [1.82, 2.24) is 4.98 Å². The molecule has 0 atom stereocenters. The smallest absolute Gasteiger partial charge is 0.155 e. The highest BCUT2D eigenvalue weighted by Gasteiger charge is 2.14. The number of rotatable bonds is 1. The number of aromatic hydroxyl groups is 1. The molecular weight excluding hydrogens is 368 g/mol. The summed E-state index contributed by atoms with van der Waals surface area (Å²) in [7, 11) is 0. The van der Waals surface area contributed by atoms with E-state index in [0.717, 1.165) is 16.5 Å². The second-order valence-electron chi connectivity index (χ2n) is 4.15. The summed E-state index contributed by atoms with van der Waals surface area (Å²) in [6.07, 6.45) is 0. The Morgan fingerprint density at radius 2 is 1.65 bits per heavy atom. The number of fused-ring (bicyclic) bond motifs is 1. The topological polar surface area (TPSA) is 33.1 Å². The van der Waals surface area contributed by atoms with E-state index in [2.05, 4.69) is 4.98 Å². The number of para-hydroxylation sites is 1. The molecule has 2 aromatic carbocycles. The fourth-order valence-electron chi connectivity index (χ4n) is 2.08. The van der Waals surface area contributed by atoms with Gasteiger partial charge in [0.25, 0.3) is 0 Å². The normalized spacial score (nSPS) is 10.3. The first-order chi connectivity index (χ1) is 9.16. The van der Waals surface area contributed by atoms with Gasteiger partial charge in [-0.2, -0.15) is 0 Å². The van der Waals surface area contributed by atoms with Crippen LogP contribution >= 0.6 is 22.6 Å². The molecule has 20 heavy (non-hydrogen) atoms. The summed E-state index contributed by atoms with van der Waals surface area (Å²) in [6, 6.07) is 13.7. The molecule has 0 saturated heterocycles. The summed E-state index contributed by atoms with van der Waals surface area (Å²) in [4.78, 5) is 4.34. The summed E-state index contributed by atoms with van der Waals surface area (Å²) in [6.45, 7) is 0. The summed E-state index contributed by atoms with van der Waals surface area (Å²) in [5, 5.41) is 11.1. The third-order valence-electron chi connectivity index (χ3n) is 2.96. The average molecular weight is 381 g/mol. The highest BCUT2D eigenvalue weighted by atomic mass is 127. The molecule has 0 aliphatic carbocycles. The van der Waals surface area contributed by atoms with Gasteiger partial charge in [-0.15, -0.1) is 0 Å². The van der Waals surface area contributed by atoms with Gasteiger partial charge < -0.3 is 5.11 Å². The maximum atomic E-state index is 13.0. The first-order valence-electron chi connectivity index (χ1n) is 5.70. The molecule has 1 aromatic heterocycles. The minimum absolute atomic E-state index is 0. The van der Waals surface area contributed by atoms with Gasteiger partial charge in [-0.25, -0.2) is 9.37 Å². The summed E-state index contributed by atoms with van der Waals surface area (Å²) < 4.78 is 13.6. The Labute approximate surface area is 130 Å². The zero-order valence-corrected chi connectivity index (χ0v) is 11.9. The summed E-state index contributed by atoms with van der Waals surface area (Å²) in [5.74, 6) is -0.165. The Kier molecular flexibility index (Phi) is 4.23. The second kappa shape index (κ2) is 5.75. The molecule has 4 heteroatoms. The molecule has 3 aromatic rings. The third kappa shape index (κ3) is 2.47. The van der Waals surface area contributed by atoms with E-state index in [1.807, 2.05) is 46.9 Å². The van der Waals surface area contributed by atoms with Crippen molar-refractivity contribution >= 4 is 33.5 Å². The van der Waals surface area contributed by atoms with Gasteiger partial charge >= 0.3 is 0 Å². The van der Waals surface area contributed by atoms with Gasteiger partial charge in [-0.3, -0.25) is 0 Å². The molecule has 0 radical (unpaired) electrons. The minimum Gasteiger partial charge on any atom is -0.505 e. The van der Waals surface area contributed by atoms with Gasteiger partial charge in [0.2, 0.25) is 0 Å². The number of aromatic nitrogens is 1. The Morgan fingerprint density at radius 1 is 1.00 bits per heavy atom. The molecule has 2 nitrogen and oxygen atoms in total. The van der Waals surface area contributed by atoms with Crippen molar-refractivity contribution in [1.29, 1.82) is 0 Å². The molecule has 0 spiro atoms. The maximum Gasteiger partial charge on any atom is 0.155 e. The minimum atomic E-state index is -0.295. The van der Waals surface area contributed by atoms with Crippen LogP contribution in [-0.2, 0) is 0 Å². The highest BCUT2D eigenvalue weighted by molar-refractivity contribution is 14.1. The SMILES string of the molecule is C.Oc1c(I)nc2ccccc2c1-c1ccc(F)cc1. The van der Waals surface area contributed by atoms with E-state index in [-0.39, 0.29) is 19.0 Å². The number of hydrogen-bond donors (Lipinski definition) is 1. The Balaban J connectivity index is 0.00000147. The molecule has 0 unspecified atom stereocenters. The van der Waals surface area contributed by atoms with Crippen molar-refractivity contribution in [3.8, 4) is 16.9 Å². The van der Waals surface area contributed by atoms with Gasteiger partial charge in [0, 0.05) is 10.9 Å². The molecule has 1 N–H and O–H groups in total. The van der Waals surface area contributed by atoms with Gasteiger partial charge in [0.1, 0.15) is 9.52 Å². The zero-order valence-electron chi connectivity index (χ0n) is 9.77. The lowest BCUT2D eigenvalue weighted by Crippen LogP contribution is -1.90. The van der Waals surface area contributed by atoms with Crippen LogP contribution in [0.15, 0.2) is 48.5 Å². The largest absolute Gasteiger partial charge is 0.505 e. The van der Waals surface area contributed by atoms with Crippen molar-refractivity contribution in [2.24, 2.45) is 0 Å². The van der Waals surface area contributed by atoms with Crippen molar-refractivity contribution in [3.05, 3.63) is 58.0 Å². The second-order valence-corrected chi connectivity index (χ2v) is 5.17. The lowest BCUT2D eigenvalue weighted by molar-refractivity contribution is 0.471. The van der Waals surface area contributed by atoms with Crippen molar-refractivity contribution in [3.63, 3.8) is 0 Å². The molecule has 0 aliphatic heterocycles. The van der Waals surface area contributed by atoms with E-state index in [1.54, 1.807) is 12.1 Å². The molecule has 0 amide bonds. The lowest BCUT2D eigenvalue weighted by atomic mass is 10.0. The van der Waals surface area contributed by atoms with Crippen LogP contribution in [0.4, 0.5) is 4.39 Å². The molecule has 3 rings (SSSR count). The molecule has 0 fully saturated rings. The average Bonchev–Trinajstić information content (AvgIpc) is 2.42. The van der Waals surface area contributed by atoms with E-state index >= 15 is 0 Å². The van der Waals surface area contributed by atoms with Crippen LogP contribution in [0.2, 0.25) is 0 Å². The van der Waals surface area contributed by atoms with E-state index in [1.165, 1.54) is 12.1 Å².